The summed E-state index contributed by atoms with van der Waals surface area (Å²) in [5.41, 5.74) is 2.43. The van der Waals surface area contributed by atoms with Gasteiger partial charge in [0.05, 0.1) is 5.69 Å². The van der Waals surface area contributed by atoms with Gasteiger partial charge in [0.25, 0.3) is 0 Å². The molecule has 0 saturated heterocycles. The lowest BCUT2D eigenvalue weighted by Gasteiger charge is -2.24. The summed E-state index contributed by atoms with van der Waals surface area (Å²) in [4.78, 5) is 9.15. The van der Waals surface area contributed by atoms with Gasteiger partial charge in [0, 0.05) is 33.0 Å². The predicted octanol–water partition coefficient (Wildman–Crippen LogP) is 5.46. The fourth-order valence-electron chi connectivity index (χ4n) is 2.14. The summed E-state index contributed by atoms with van der Waals surface area (Å²) in [5, 5.41) is 0. The first-order chi connectivity index (χ1) is 10.7. The van der Waals surface area contributed by atoms with Crippen LogP contribution in [0.1, 0.15) is 11.1 Å². The van der Waals surface area contributed by atoms with Crippen LogP contribution in [-0.4, -0.2) is 17.8 Å². The largest absolute Gasteiger partial charge is 0.378 e. The standard InChI is InChI=1S/C17H13Br2F2NO/c1-11(12-6-4-3-5-7-12)14-10-13(18)8-9-15(14)22(2)16(23)17(19,20)21/h3-10H,1H2,2H3. The molecule has 2 rings (SSSR count). The van der Waals surface area contributed by atoms with Crippen molar-refractivity contribution in [3.63, 3.8) is 0 Å². The number of amides is 1. The Hall–Kier alpha value is -1.53. The van der Waals surface area contributed by atoms with Crippen LogP contribution in [-0.2, 0) is 4.79 Å². The van der Waals surface area contributed by atoms with E-state index in [0.717, 1.165) is 14.9 Å². The minimum atomic E-state index is -3.62. The van der Waals surface area contributed by atoms with Gasteiger partial charge in [0.15, 0.2) is 0 Å². The number of carbonyl (C=O) groups excluding carboxylic acids is 1. The van der Waals surface area contributed by atoms with Crippen LogP contribution in [0.2, 0.25) is 0 Å². The van der Waals surface area contributed by atoms with E-state index in [1.807, 2.05) is 30.3 Å². The number of hydrogen-bond donors (Lipinski definition) is 0. The molecular formula is C17H13Br2F2NO. The van der Waals surface area contributed by atoms with Crippen LogP contribution in [0.25, 0.3) is 5.57 Å². The average molecular weight is 445 g/mol. The number of rotatable bonds is 4. The van der Waals surface area contributed by atoms with Crippen LogP contribution in [0.4, 0.5) is 14.5 Å². The van der Waals surface area contributed by atoms with E-state index in [1.165, 1.54) is 7.05 Å². The zero-order chi connectivity index (χ0) is 17.2. The second-order valence-electron chi connectivity index (χ2n) is 4.87. The molecule has 0 radical (unpaired) electrons. The molecule has 0 heterocycles. The summed E-state index contributed by atoms with van der Waals surface area (Å²) in [5.74, 6) is -1.35. The Balaban J connectivity index is 2.50. The van der Waals surface area contributed by atoms with Crippen molar-refractivity contribution in [2.24, 2.45) is 0 Å². The SMILES string of the molecule is C=C(c1ccccc1)c1cc(Br)ccc1N(C)C(=O)C(F)(F)Br. The van der Waals surface area contributed by atoms with Gasteiger partial charge in [-0.1, -0.05) is 52.8 Å². The van der Waals surface area contributed by atoms with E-state index >= 15 is 0 Å². The van der Waals surface area contributed by atoms with E-state index in [4.69, 9.17) is 0 Å². The van der Waals surface area contributed by atoms with E-state index < -0.39 is 10.7 Å². The van der Waals surface area contributed by atoms with Crippen molar-refractivity contribution < 1.29 is 13.6 Å². The number of hydrogen-bond acceptors (Lipinski definition) is 1. The summed E-state index contributed by atoms with van der Waals surface area (Å²) >= 11 is 5.47. The molecule has 0 aliphatic rings. The normalized spacial score (nSPS) is 11.2. The van der Waals surface area contributed by atoms with Crippen molar-refractivity contribution in [1.29, 1.82) is 0 Å². The van der Waals surface area contributed by atoms with Crippen molar-refractivity contribution in [2.75, 3.05) is 11.9 Å². The maximum absolute atomic E-state index is 13.3. The number of carbonyl (C=O) groups is 1. The maximum atomic E-state index is 13.3. The Labute approximate surface area is 150 Å². The highest BCUT2D eigenvalue weighted by Gasteiger charge is 2.38. The van der Waals surface area contributed by atoms with Crippen molar-refractivity contribution in [1.82, 2.24) is 0 Å². The zero-order valence-electron chi connectivity index (χ0n) is 12.2. The highest BCUT2D eigenvalue weighted by molar-refractivity contribution is 9.10. The van der Waals surface area contributed by atoms with E-state index in [-0.39, 0.29) is 0 Å². The lowest BCUT2D eigenvalue weighted by Crippen LogP contribution is -2.37. The molecule has 1 amide bonds. The number of benzene rings is 2. The molecule has 0 fully saturated rings. The summed E-state index contributed by atoms with van der Waals surface area (Å²) in [7, 11) is 1.31. The average Bonchev–Trinajstić information content (AvgIpc) is 2.52. The molecule has 23 heavy (non-hydrogen) atoms. The van der Waals surface area contributed by atoms with Crippen molar-refractivity contribution in [3.8, 4) is 0 Å². The summed E-state index contributed by atoms with van der Waals surface area (Å²) < 4.78 is 27.3. The van der Waals surface area contributed by atoms with E-state index in [9.17, 15) is 13.6 Å². The van der Waals surface area contributed by atoms with Gasteiger partial charge in [-0.25, -0.2) is 0 Å². The molecule has 0 unspecified atom stereocenters. The van der Waals surface area contributed by atoms with E-state index in [1.54, 1.807) is 18.2 Å². The Bertz CT molecular complexity index is 742. The third-order valence-corrected chi connectivity index (χ3v) is 4.15. The van der Waals surface area contributed by atoms with Crippen molar-refractivity contribution >= 4 is 49.0 Å². The van der Waals surface area contributed by atoms with Crippen LogP contribution in [0.3, 0.4) is 0 Å². The first-order valence-electron chi connectivity index (χ1n) is 6.61. The van der Waals surface area contributed by atoms with Gasteiger partial charge in [-0.05, 0) is 29.3 Å². The van der Waals surface area contributed by atoms with Gasteiger partial charge in [-0.15, -0.1) is 0 Å². The van der Waals surface area contributed by atoms with Gasteiger partial charge in [-0.3, -0.25) is 4.79 Å². The minimum absolute atomic E-state index is 0.353. The smallest absolute Gasteiger partial charge is 0.309 e. The number of alkyl halides is 3. The molecule has 6 heteroatoms. The molecule has 0 N–H and O–H groups in total. The summed E-state index contributed by atoms with van der Waals surface area (Å²) in [6.07, 6.45) is 0. The molecule has 2 aromatic rings. The molecular weight excluding hydrogens is 432 g/mol. The molecule has 0 aromatic heterocycles. The lowest BCUT2D eigenvalue weighted by atomic mass is 9.97. The molecule has 2 aromatic carbocycles. The molecule has 2 nitrogen and oxygen atoms in total. The molecule has 0 aliphatic heterocycles. The highest BCUT2D eigenvalue weighted by Crippen LogP contribution is 2.35. The van der Waals surface area contributed by atoms with Crippen molar-refractivity contribution in [2.45, 2.75) is 4.83 Å². The van der Waals surface area contributed by atoms with Crippen LogP contribution < -0.4 is 4.90 Å². The van der Waals surface area contributed by atoms with E-state index in [0.29, 0.717) is 16.8 Å². The van der Waals surface area contributed by atoms with Crippen LogP contribution in [0, 0.1) is 0 Å². The van der Waals surface area contributed by atoms with Crippen LogP contribution >= 0.6 is 31.9 Å². The van der Waals surface area contributed by atoms with Gasteiger partial charge in [0.2, 0.25) is 0 Å². The zero-order valence-corrected chi connectivity index (χ0v) is 15.4. The van der Waals surface area contributed by atoms with Crippen molar-refractivity contribution in [3.05, 3.63) is 70.7 Å². The number of anilines is 1. The molecule has 120 valence electrons. The topological polar surface area (TPSA) is 20.3 Å². The lowest BCUT2D eigenvalue weighted by molar-refractivity contribution is -0.131. The monoisotopic (exact) mass is 443 g/mol. The highest BCUT2D eigenvalue weighted by atomic mass is 79.9. The first kappa shape index (κ1) is 17.8. The van der Waals surface area contributed by atoms with Gasteiger partial charge >= 0.3 is 10.7 Å². The predicted molar refractivity (Wildman–Crippen MR) is 96.0 cm³/mol. The second-order valence-corrected chi connectivity index (χ2v) is 6.78. The second kappa shape index (κ2) is 6.93. The molecule has 0 saturated carbocycles. The van der Waals surface area contributed by atoms with E-state index in [2.05, 4.69) is 38.4 Å². The summed E-state index contributed by atoms with van der Waals surface area (Å²) in [6, 6.07) is 14.4. The Morgan fingerprint density at radius 3 is 2.35 bits per heavy atom. The Kier molecular flexibility index (Phi) is 5.37. The fourth-order valence-corrected chi connectivity index (χ4v) is 2.76. The number of halogens is 4. The Morgan fingerprint density at radius 1 is 1.17 bits per heavy atom. The summed E-state index contributed by atoms with van der Waals surface area (Å²) in [6.45, 7) is 4.04. The van der Waals surface area contributed by atoms with Gasteiger partial charge < -0.3 is 4.90 Å². The molecule has 0 aliphatic carbocycles. The fraction of sp³-hybridized carbons (Fsp3) is 0.118. The molecule has 0 spiro atoms. The third kappa shape index (κ3) is 4.06. The van der Waals surface area contributed by atoms with Crippen LogP contribution in [0.15, 0.2) is 59.6 Å². The van der Waals surface area contributed by atoms with Crippen LogP contribution in [0.5, 0.6) is 0 Å². The maximum Gasteiger partial charge on any atom is 0.378 e. The molecule has 0 atom stereocenters. The minimum Gasteiger partial charge on any atom is -0.309 e. The van der Waals surface area contributed by atoms with Gasteiger partial charge in [0.1, 0.15) is 0 Å². The first-order valence-corrected chi connectivity index (χ1v) is 8.19. The quantitative estimate of drug-likeness (QED) is 0.573. The third-order valence-electron chi connectivity index (χ3n) is 3.31. The number of nitrogens with zero attached hydrogens (tertiary/aromatic N) is 1. The van der Waals surface area contributed by atoms with Gasteiger partial charge in [-0.2, -0.15) is 8.78 Å². The molecule has 0 bridgehead atoms. The Morgan fingerprint density at radius 2 is 1.78 bits per heavy atom.